The van der Waals surface area contributed by atoms with E-state index in [-0.39, 0.29) is 41.8 Å². The van der Waals surface area contributed by atoms with E-state index in [1.165, 1.54) is 19.2 Å². The molecule has 0 aliphatic carbocycles. The third-order valence-electron chi connectivity index (χ3n) is 10.3. The van der Waals surface area contributed by atoms with Crippen molar-refractivity contribution in [1.82, 2.24) is 35.1 Å². The van der Waals surface area contributed by atoms with Crippen molar-refractivity contribution in [2.45, 2.75) is 170 Å². The van der Waals surface area contributed by atoms with Crippen molar-refractivity contribution in [2.24, 2.45) is 23.1 Å². The molecular formula is C51H76N10O18S2. The van der Waals surface area contributed by atoms with Crippen LogP contribution in [0.4, 0.5) is 24.3 Å². The van der Waals surface area contributed by atoms with Gasteiger partial charge in [-0.3, -0.25) is 19.5 Å². The van der Waals surface area contributed by atoms with Crippen LogP contribution >= 0.6 is 11.3 Å². The van der Waals surface area contributed by atoms with Crippen molar-refractivity contribution in [1.29, 1.82) is 0 Å². The molecule has 30 heteroatoms. The Morgan fingerprint density at radius 3 is 1.79 bits per heavy atom. The van der Waals surface area contributed by atoms with E-state index >= 15 is 0 Å². The van der Waals surface area contributed by atoms with E-state index < -0.39 is 116 Å². The largest absolute Gasteiger partial charge is 0.489 e. The molecule has 6 amide bonds. The second-order valence-corrected chi connectivity index (χ2v) is 25.9. The van der Waals surface area contributed by atoms with Gasteiger partial charge in [0.2, 0.25) is 5.62 Å². The Morgan fingerprint density at radius 1 is 0.778 bits per heavy atom. The number of imidazole rings is 1. The van der Waals surface area contributed by atoms with E-state index in [1.807, 2.05) is 0 Å². The first kappa shape index (κ1) is 66.2. The molecule has 0 bridgehead atoms. The first-order chi connectivity index (χ1) is 36.9. The summed E-state index contributed by atoms with van der Waals surface area (Å²) in [4.78, 5) is 107. The average Bonchev–Trinajstić information content (AvgIpc) is 3.95. The summed E-state index contributed by atoms with van der Waals surface area (Å²) in [7, 11) is -3.46. The lowest BCUT2D eigenvalue weighted by Gasteiger charge is -2.50. The SMILES string of the molecule is Cn1c(-c2ccc(OCC(O/N=C(\C(=O)NC3C(=O)N(OS(=O)(=O)O)C3(C)C)c3csc(NC(=O)OC(C)(C)C)n3)C(=O)OC(C)(C)C)cc2)cn(CC(CNC(=O)OC(C)(C)C)CNC(=O)OC(C)(C)C)c1=NC(=O)OC(C)(C)C. The van der Waals surface area contributed by atoms with Gasteiger partial charge in [0, 0.05) is 44.2 Å². The topological polar surface area (TPSA) is 347 Å². The minimum absolute atomic E-state index is 0.0172. The summed E-state index contributed by atoms with van der Waals surface area (Å²) in [6.07, 6.45) is -3.09. The minimum Gasteiger partial charge on any atom is -0.489 e. The number of rotatable bonds is 19. The van der Waals surface area contributed by atoms with Crippen LogP contribution in [0.3, 0.4) is 0 Å². The normalized spacial score (nSPS) is 15.7. The molecule has 1 fully saturated rings. The van der Waals surface area contributed by atoms with Gasteiger partial charge < -0.3 is 58.3 Å². The van der Waals surface area contributed by atoms with Gasteiger partial charge in [-0.05, 0) is 148 Å². The van der Waals surface area contributed by atoms with Gasteiger partial charge in [-0.1, -0.05) is 5.16 Å². The summed E-state index contributed by atoms with van der Waals surface area (Å²) in [5.74, 6) is -3.47. The number of esters is 1. The number of carbonyl (C=O) groups excluding carboxylic acids is 7. The molecule has 1 aromatic carbocycles. The highest BCUT2D eigenvalue weighted by atomic mass is 32.3. The Balaban J connectivity index is 1.70. The molecule has 2 unspecified atom stereocenters. The van der Waals surface area contributed by atoms with Crippen LogP contribution in [0, 0.1) is 5.92 Å². The maximum absolute atomic E-state index is 14.1. The van der Waals surface area contributed by atoms with Gasteiger partial charge in [-0.2, -0.15) is 13.5 Å². The monoisotopic (exact) mass is 1180 g/mol. The molecule has 1 aliphatic heterocycles. The number of nitrogens with zero attached hydrogens (tertiary/aromatic N) is 6. The predicted octanol–water partition coefficient (Wildman–Crippen LogP) is 6.15. The summed E-state index contributed by atoms with van der Waals surface area (Å²) in [6.45, 7) is 27.4. The molecule has 2 atom stereocenters. The van der Waals surface area contributed by atoms with E-state index in [0.29, 0.717) is 16.3 Å². The Kier molecular flexibility index (Phi) is 21.0. The summed E-state index contributed by atoms with van der Waals surface area (Å²) < 4.78 is 73.3. The number of benzene rings is 1. The smallest absolute Gasteiger partial charge is 0.437 e. The van der Waals surface area contributed by atoms with Crippen LogP contribution in [0.1, 0.15) is 123 Å². The molecule has 1 saturated heterocycles. The van der Waals surface area contributed by atoms with Gasteiger partial charge in [0.15, 0.2) is 10.8 Å². The first-order valence-electron chi connectivity index (χ1n) is 25.3. The Morgan fingerprint density at radius 2 is 1.30 bits per heavy atom. The zero-order valence-corrected chi connectivity index (χ0v) is 50.5. The predicted molar refractivity (Wildman–Crippen MR) is 293 cm³/mol. The van der Waals surface area contributed by atoms with E-state index in [4.69, 9.17) is 33.3 Å². The maximum atomic E-state index is 14.1. The number of hydrogen-bond donors (Lipinski definition) is 5. The summed E-state index contributed by atoms with van der Waals surface area (Å²) in [6, 6.07) is 5.06. The van der Waals surface area contributed by atoms with E-state index in [9.17, 15) is 46.5 Å². The fourth-order valence-corrected chi connectivity index (χ4v) is 8.17. The number of hydroxylamine groups is 2. The average molecular weight is 1180 g/mol. The van der Waals surface area contributed by atoms with Gasteiger partial charge >= 0.3 is 40.7 Å². The van der Waals surface area contributed by atoms with Crippen LogP contribution in [0.25, 0.3) is 11.3 Å². The number of thiazole rings is 1. The van der Waals surface area contributed by atoms with E-state index in [0.717, 1.165) is 11.3 Å². The lowest BCUT2D eigenvalue weighted by atomic mass is 9.84. The molecule has 5 N–H and O–H groups in total. The standard InChI is InChI=1S/C51H76N10O18S2/c1-46(2,3)73-39(64)34(78-58-35(32-28-80-40(54-32)56-44(67)76-49(10,11)12)37(62)55-36-38(63)61(51(36,16)17)79-81(69,70)71)27-72-31-21-19-30(20-22-31)33-26-60(41(59(33)18)57-45(68)77-50(13,14)15)25-29(23-52-42(65)74-47(4,5)6)24-53-43(66)75-48(7,8)9/h19-22,26,28-29,34,36H,23-25,27H2,1-18H3,(H,52,65)(H,53,66)(H,55,62)(H,54,56,67)(H,69,70,71)/b57-41?,58-35-. The molecule has 4 rings (SSSR count). The zero-order valence-electron chi connectivity index (χ0n) is 48.9. The fraction of sp³-hybridized carbons (Fsp3) is 0.608. The second kappa shape index (κ2) is 25.6. The van der Waals surface area contributed by atoms with Crippen LogP contribution in [0.15, 0.2) is 46.0 Å². The van der Waals surface area contributed by atoms with Gasteiger partial charge in [0.05, 0.1) is 11.2 Å². The highest BCUT2D eigenvalue weighted by molar-refractivity contribution is 7.80. The first-order valence-corrected chi connectivity index (χ1v) is 27.6. The number of nitrogens with one attached hydrogen (secondary N) is 4. The summed E-state index contributed by atoms with van der Waals surface area (Å²) in [5.41, 5.74) is -5.51. The van der Waals surface area contributed by atoms with Crippen molar-refractivity contribution in [2.75, 3.05) is 25.0 Å². The molecule has 2 aromatic heterocycles. The van der Waals surface area contributed by atoms with Crippen molar-refractivity contribution < 1.29 is 84.1 Å². The summed E-state index contributed by atoms with van der Waals surface area (Å²) in [5, 5.41) is 16.0. The number of β-lactam (4-membered cyclic amide) rings is 1. The Bertz CT molecular complexity index is 2970. The summed E-state index contributed by atoms with van der Waals surface area (Å²) >= 11 is 0.859. The number of anilines is 1. The third kappa shape index (κ3) is 21.6. The number of hydrogen-bond acceptors (Lipinski definition) is 20. The van der Waals surface area contributed by atoms with Crippen molar-refractivity contribution >= 4 is 74.7 Å². The molecule has 450 valence electrons. The number of alkyl carbamates (subject to hydrolysis) is 2. The molecular weight excluding hydrogens is 1100 g/mol. The van der Waals surface area contributed by atoms with Crippen LogP contribution < -0.4 is 31.6 Å². The highest BCUT2D eigenvalue weighted by Gasteiger charge is 2.58. The Labute approximate surface area is 474 Å². The molecule has 3 heterocycles. The number of amides is 6. The number of oxime groups is 1. The fourth-order valence-electron chi connectivity index (χ4n) is 7.04. The lowest BCUT2D eigenvalue weighted by Crippen LogP contribution is -2.76. The van der Waals surface area contributed by atoms with Gasteiger partial charge in [0.1, 0.15) is 52.1 Å². The number of carbonyl (C=O) groups is 7. The molecule has 28 nitrogen and oxygen atoms in total. The molecule has 81 heavy (non-hydrogen) atoms. The maximum Gasteiger partial charge on any atom is 0.437 e. The van der Waals surface area contributed by atoms with E-state index in [2.05, 4.69) is 40.7 Å². The van der Waals surface area contributed by atoms with Crippen LogP contribution in [0.5, 0.6) is 5.75 Å². The van der Waals surface area contributed by atoms with E-state index in [1.54, 1.807) is 151 Å². The molecule has 0 radical (unpaired) electrons. The molecule has 0 saturated carbocycles. The van der Waals surface area contributed by atoms with Gasteiger partial charge in [0.25, 0.3) is 17.9 Å². The molecule has 0 spiro atoms. The quantitative estimate of drug-likeness (QED) is 0.0224. The minimum atomic E-state index is -5.13. The second-order valence-electron chi connectivity index (χ2n) is 24.0. The molecule has 3 aromatic rings. The van der Waals surface area contributed by atoms with Crippen molar-refractivity contribution in [3.8, 4) is 17.0 Å². The van der Waals surface area contributed by atoms with Gasteiger partial charge in [-0.25, -0.2) is 29.0 Å². The zero-order chi connectivity index (χ0) is 61.4. The highest BCUT2D eigenvalue weighted by Crippen LogP contribution is 2.33. The van der Waals surface area contributed by atoms with Crippen LogP contribution in [-0.2, 0) is 71.2 Å². The Hall–Kier alpha value is -7.31. The number of ether oxygens (including phenoxy) is 6. The third-order valence-corrected chi connectivity index (χ3v) is 11.4. The van der Waals surface area contributed by atoms with Crippen LogP contribution in [0.2, 0.25) is 0 Å². The van der Waals surface area contributed by atoms with Crippen LogP contribution in [-0.4, -0.2) is 145 Å². The van der Waals surface area contributed by atoms with Crippen molar-refractivity contribution in [3.05, 3.63) is 47.2 Å². The molecule has 1 aliphatic rings. The van der Waals surface area contributed by atoms with Gasteiger partial charge in [-0.15, -0.1) is 20.6 Å². The van der Waals surface area contributed by atoms with Crippen molar-refractivity contribution in [3.63, 3.8) is 0 Å². The number of aromatic nitrogens is 3. The lowest BCUT2D eigenvalue weighted by molar-refractivity contribution is -0.218.